The molecule has 1 aromatic rings. The predicted molar refractivity (Wildman–Crippen MR) is 91.3 cm³/mol. The van der Waals surface area contributed by atoms with E-state index in [9.17, 15) is 4.79 Å². The lowest BCUT2D eigenvalue weighted by atomic mass is 10.0. The predicted octanol–water partition coefficient (Wildman–Crippen LogP) is 4.79. The fraction of sp³-hybridized carbons (Fsp3) is 0.562. The first-order valence-electron chi connectivity index (χ1n) is 7.30. The number of ketones is 1. The molecule has 0 aliphatic carbocycles. The van der Waals surface area contributed by atoms with E-state index in [0.717, 1.165) is 10.5 Å². The lowest BCUT2D eigenvalue weighted by Crippen LogP contribution is -2.30. The van der Waals surface area contributed by atoms with Gasteiger partial charge in [0.05, 0.1) is 6.04 Å². The van der Waals surface area contributed by atoms with Gasteiger partial charge in [0.25, 0.3) is 0 Å². The maximum absolute atomic E-state index is 10.9. The lowest BCUT2D eigenvalue weighted by Gasteiger charge is -2.07. The molecule has 0 aromatic heterocycles. The Balaban J connectivity index is -0.000000425. The maximum atomic E-state index is 10.9. The van der Waals surface area contributed by atoms with E-state index in [2.05, 4.69) is 0 Å². The van der Waals surface area contributed by atoms with Crippen molar-refractivity contribution >= 4 is 17.8 Å². The summed E-state index contributed by atoms with van der Waals surface area (Å²) in [5.74, 6) is -0.00869. The number of nitrogens with two attached hydrogens (primary N) is 1. The van der Waals surface area contributed by atoms with Gasteiger partial charge in [-0.2, -0.15) is 0 Å². The first kappa shape index (κ1) is 24.2. The summed E-state index contributed by atoms with van der Waals surface area (Å²) in [6.07, 6.45) is 0.547. The van der Waals surface area contributed by atoms with E-state index in [4.69, 9.17) is 10.3 Å². The van der Waals surface area contributed by atoms with E-state index in [1.165, 1.54) is 6.92 Å². The van der Waals surface area contributed by atoms with Crippen molar-refractivity contribution in [1.29, 1.82) is 0 Å². The first-order valence-corrected chi connectivity index (χ1v) is 8.07. The molecule has 0 saturated carbocycles. The Kier molecular flexibility index (Phi) is 22.0. The summed E-state index contributed by atoms with van der Waals surface area (Å²) in [5.41, 5.74) is 6.62. The van der Waals surface area contributed by atoms with Crippen LogP contribution < -0.4 is 5.73 Å². The lowest BCUT2D eigenvalue weighted by molar-refractivity contribution is -0.118. The van der Waals surface area contributed by atoms with Crippen LogP contribution in [0, 0.1) is 0 Å². The minimum atomic E-state index is -0.428. The van der Waals surface area contributed by atoms with E-state index >= 15 is 0 Å². The summed E-state index contributed by atoms with van der Waals surface area (Å²) in [4.78, 5) is 11.7. The van der Waals surface area contributed by atoms with Crippen molar-refractivity contribution in [2.45, 2.75) is 65.8 Å². The fourth-order valence-electron chi connectivity index (χ4n) is 1.08. The summed E-state index contributed by atoms with van der Waals surface area (Å²) in [5, 5.41) is 0. The van der Waals surface area contributed by atoms with Crippen LogP contribution in [0.5, 0.6) is 0 Å². The molecule has 0 spiro atoms. The minimum absolute atomic E-state index is 0.00869. The average molecular weight is 301 g/mol. The molecule has 118 valence electrons. The second-order valence-corrected chi connectivity index (χ2v) is 3.81. The first-order chi connectivity index (χ1) is 9.63. The molecule has 0 radical (unpaired) electrons. The molecule has 1 rings (SSSR count). The molecular formula is C16H31NO2S. The van der Waals surface area contributed by atoms with Crippen LogP contribution >= 0.6 is 12.0 Å². The van der Waals surface area contributed by atoms with Crippen molar-refractivity contribution in [2.24, 2.45) is 5.73 Å². The Morgan fingerprint density at radius 3 is 1.80 bits per heavy atom. The molecule has 20 heavy (non-hydrogen) atoms. The smallest absolute Gasteiger partial charge is 0.146 e. The maximum Gasteiger partial charge on any atom is 0.146 e. The van der Waals surface area contributed by atoms with Crippen molar-refractivity contribution in [2.75, 3.05) is 0 Å². The zero-order chi connectivity index (χ0) is 16.6. The molecule has 4 heteroatoms. The number of carbonyl (C=O) groups is 1. The second-order valence-electron chi connectivity index (χ2n) is 3.16. The number of rotatable bonds is 4. The average Bonchev–Trinajstić information content (AvgIpc) is 2.54. The van der Waals surface area contributed by atoms with Crippen LogP contribution in [0.3, 0.4) is 0 Å². The minimum Gasteiger partial charge on any atom is -0.325 e. The van der Waals surface area contributed by atoms with Gasteiger partial charge < -0.3 is 10.3 Å². The van der Waals surface area contributed by atoms with Crippen LogP contribution in [0.2, 0.25) is 0 Å². The Morgan fingerprint density at radius 2 is 1.50 bits per heavy atom. The van der Waals surface area contributed by atoms with Gasteiger partial charge in [-0.25, -0.2) is 0 Å². The number of Topliss-reactive ketones (excluding diaryl/α,β-unsaturated/α-hetero) is 1. The van der Waals surface area contributed by atoms with Gasteiger partial charge in [-0.3, -0.25) is 4.79 Å². The molecule has 3 N–H and O–H groups in total. The fourth-order valence-corrected chi connectivity index (χ4v) is 1.34. The number of hydrogen-bond donors (Lipinski definition) is 2. The molecule has 1 aromatic carbocycles. The van der Waals surface area contributed by atoms with Crippen molar-refractivity contribution in [3.05, 3.63) is 29.8 Å². The highest BCUT2D eigenvalue weighted by atomic mass is 32.2. The molecule has 3 nitrogen and oxygen atoms in total. The third-order valence-corrected chi connectivity index (χ3v) is 2.49. The van der Waals surface area contributed by atoms with Crippen molar-refractivity contribution in [3.8, 4) is 0 Å². The van der Waals surface area contributed by atoms with E-state index < -0.39 is 6.04 Å². The summed E-state index contributed by atoms with van der Waals surface area (Å²) in [6, 6.07) is 6.89. The van der Waals surface area contributed by atoms with Gasteiger partial charge in [0.15, 0.2) is 0 Å². The van der Waals surface area contributed by atoms with Crippen molar-refractivity contribution < 1.29 is 9.35 Å². The van der Waals surface area contributed by atoms with Crippen LogP contribution in [-0.4, -0.2) is 16.4 Å². The van der Waals surface area contributed by atoms with E-state index in [1.807, 2.05) is 53.7 Å². The third kappa shape index (κ3) is 12.2. The van der Waals surface area contributed by atoms with E-state index in [-0.39, 0.29) is 5.78 Å². The zero-order valence-electron chi connectivity index (χ0n) is 13.9. The van der Waals surface area contributed by atoms with Crippen molar-refractivity contribution in [1.82, 2.24) is 0 Å². The number of benzene rings is 1. The van der Waals surface area contributed by atoms with Gasteiger partial charge in [-0.15, -0.1) is 0 Å². The molecule has 1 unspecified atom stereocenters. The Bertz CT molecular complexity index is 313. The molecule has 0 aliphatic heterocycles. The third-order valence-electron chi connectivity index (χ3n) is 2.01. The monoisotopic (exact) mass is 301 g/mol. The largest absolute Gasteiger partial charge is 0.325 e. The molecule has 0 fully saturated rings. The molecule has 0 bridgehead atoms. The van der Waals surface area contributed by atoms with Crippen molar-refractivity contribution in [3.63, 3.8) is 0 Å². The van der Waals surface area contributed by atoms with Gasteiger partial charge in [0, 0.05) is 16.9 Å². The summed E-state index contributed by atoms with van der Waals surface area (Å²) in [7, 11) is 0. The topological polar surface area (TPSA) is 63.3 Å². The summed E-state index contributed by atoms with van der Waals surface area (Å²) >= 11 is 0.704. The van der Waals surface area contributed by atoms with Gasteiger partial charge in [0.2, 0.25) is 0 Å². The highest BCUT2D eigenvalue weighted by Gasteiger charge is 2.08. The van der Waals surface area contributed by atoms with Crippen LogP contribution in [-0.2, 0) is 11.2 Å². The van der Waals surface area contributed by atoms with Crippen LogP contribution in [0.15, 0.2) is 29.2 Å². The van der Waals surface area contributed by atoms with Gasteiger partial charge in [-0.1, -0.05) is 53.7 Å². The molecular weight excluding hydrogens is 270 g/mol. The molecule has 0 heterocycles. The van der Waals surface area contributed by atoms with Crippen LogP contribution in [0.1, 0.15) is 54.0 Å². The van der Waals surface area contributed by atoms with Crippen LogP contribution in [0.25, 0.3) is 0 Å². The highest BCUT2D eigenvalue weighted by molar-refractivity contribution is 7.93. The number of carbonyl (C=O) groups excluding carboxylic acids is 1. The standard InChI is InChI=1S/C10H13NO2S.3C2H6/c1-7(12)10(11)6-8-2-4-9(14-13)5-3-8;3*1-2/h2-5,10,13H,6,11H2,1H3;3*1-2H3. The zero-order valence-corrected chi connectivity index (χ0v) is 14.8. The van der Waals surface area contributed by atoms with Gasteiger partial charge >= 0.3 is 0 Å². The normalized spacial score (nSPS) is 9.65. The molecule has 0 aliphatic rings. The van der Waals surface area contributed by atoms with E-state index in [0.29, 0.717) is 18.5 Å². The second kappa shape index (κ2) is 18.2. The Morgan fingerprint density at radius 1 is 1.10 bits per heavy atom. The number of hydrogen-bond acceptors (Lipinski definition) is 4. The molecule has 0 amide bonds. The highest BCUT2D eigenvalue weighted by Crippen LogP contribution is 2.15. The summed E-state index contributed by atoms with van der Waals surface area (Å²) in [6.45, 7) is 13.5. The quantitative estimate of drug-likeness (QED) is 0.785. The SMILES string of the molecule is CC.CC.CC.CC(=O)C(N)Cc1ccc(SO)cc1. The van der Waals surface area contributed by atoms with Crippen LogP contribution in [0.4, 0.5) is 0 Å². The van der Waals surface area contributed by atoms with E-state index in [1.54, 1.807) is 12.1 Å². The Hall–Kier alpha value is -0.840. The van der Waals surface area contributed by atoms with Gasteiger partial charge in [-0.05, 0) is 31.0 Å². The molecule has 0 saturated heterocycles. The Labute approximate surface area is 129 Å². The summed E-state index contributed by atoms with van der Waals surface area (Å²) < 4.78 is 8.74. The molecule has 1 atom stereocenters. The van der Waals surface area contributed by atoms with Gasteiger partial charge in [0.1, 0.15) is 5.78 Å².